The summed E-state index contributed by atoms with van der Waals surface area (Å²) in [6.07, 6.45) is 4.89. The maximum absolute atomic E-state index is 12.5. The van der Waals surface area contributed by atoms with Crippen LogP contribution in [-0.4, -0.2) is 30.3 Å². The standard InChI is InChI=1S/C27H33NO4/c1-3-13-26(14-4-2)16-27(17-26,24(29)30)18-28-25(31)32-15-23-21-11-7-5-9-19(21)20-10-6-8-12-22(20)23/h5-12,23H,3-4,13-18H2,1-2H3,(H,28,31)(H,29,30). The van der Waals surface area contributed by atoms with Crippen LogP contribution in [0.2, 0.25) is 0 Å². The minimum atomic E-state index is -0.879. The molecule has 0 atom stereocenters. The van der Waals surface area contributed by atoms with Crippen LogP contribution < -0.4 is 5.32 Å². The Labute approximate surface area is 190 Å². The van der Waals surface area contributed by atoms with Crippen LogP contribution >= 0.6 is 0 Å². The Morgan fingerprint density at radius 3 is 2.00 bits per heavy atom. The average molecular weight is 436 g/mol. The minimum Gasteiger partial charge on any atom is -0.481 e. The van der Waals surface area contributed by atoms with E-state index in [1.54, 1.807) is 0 Å². The molecule has 1 amide bonds. The molecule has 0 bridgehead atoms. The van der Waals surface area contributed by atoms with Gasteiger partial charge in [-0.1, -0.05) is 75.2 Å². The molecule has 32 heavy (non-hydrogen) atoms. The topological polar surface area (TPSA) is 75.6 Å². The number of carbonyl (C=O) groups is 2. The van der Waals surface area contributed by atoms with Gasteiger partial charge in [-0.2, -0.15) is 0 Å². The van der Waals surface area contributed by atoms with Gasteiger partial charge < -0.3 is 15.2 Å². The number of rotatable bonds is 9. The highest BCUT2D eigenvalue weighted by Gasteiger charge is 2.57. The second kappa shape index (κ2) is 8.97. The lowest BCUT2D eigenvalue weighted by Gasteiger charge is -2.54. The largest absolute Gasteiger partial charge is 0.481 e. The number of nitrogens with one attached hydrogen (secondary N) is 1. The molecule has 2 aromatic carbocycles. The maximum atomic E-state index is 12.5. The fourth-order valence-corrected chi connectivity index (χ4v) is 6.17. The highest BCUT2D eigenvalue weighted by atomic mass is 16.5. The van der Waals surface area contributed by atoms with Crippen molar-refractivity contribution < 1.29 is 19.4 Å². The van der Waals surface area contributed by atoms with Gasteiger partial charge in [-0.15, -0.1) is 0 Å². The Kier molecular flexibility index (Phi) is 6.27. The molecular weight excluding hydrogens is 402 g/mol. The summed E-state index contributed by atoms with van der Waals surface area (Å²) in [5, 5.41) is 12.7. The lowest BCUT2D eigenvalue weighted by molar-refractivity contribution is -0.167. The van der Waals surface area contributed by atoms with Crippen molar-refractivity contribution in [3.05, 3.63) is 59.7 Å². The second-order valence-corrected chi connectivity index (χ2v) is 9.62. The zero-order valence-electron chi connectivity index (χ0n) is 19.0. The molecule has 2 aliphatic carbocycles. The molecule has 0 radical (unpaired) electrons. The van der Waals surface area contributed by atoms with E-state index in [1.165, 1.54) is 11.1 Å². The molecule has 2 aromatic rings. The highest BCUT2D eigenvalue weighted by molar-refractivity contribution is 5.79. The van der Waals surface area contributed by atoms with Gasteiger partial charge in [0.2, 0.25) is 0 Å². The first kappa shape index (κ1) is 22.4. The summed E-state index contributed by atoms with van der Waals surface area (Å²) in [4.78, 5) is 24.6. The summed E-state index contributed by atoms with van der Waals surface area (Å²) in [6.45, 7) is 4.64. The van der Waals surface area contributed by atoms with Crippen molar-refractivity contribution in [3.63, 3.8) is 0 Å². The number of carboxylic acids is 1. The van der Waals surface area contributed by atoms with Gasteiger partial charge in [0.05, 0.1) is 5.41 Å². The quantitative estimate of drug-likeness (QED) is 0.508. The number of aliphatic carboxylic acids is 1. The molecule has 2 N–H and O–H groups in total. The van der Waals surface area contributed by atoms with Gasteiger partial charge in [0.25, 0.3) is 0 Å². The van der Waals surface area contributed by atoms with Crippen molar-refractivity contribution in [2.75, 3.05) is 13.2 Å². The van der Waals surface area contributed by atoms with E-state index in [-0.39, 0.29) is 24.5 Å². The van der Waals surface area contributed by atoms with E-state index in [2.05, 4.69) is 43.4 Å². The average Bonchev–Trinajstić information content (AvgIpc) is 3.08. The third-order valence-electron chi connectivity index (χ3n) is 7.36. The van der Waals surface area contributed by atoms with Gasteiger partial charge in [-0.05, 0) is 53.4 Å². The monoisotopic (exact) mass is 435 g/mol. The van der Waals surface area contributed by atoms with E-state index >= 15 is 0 Å². The minimum absolute atomic E-state index is 0.00737. The number of fused-ring (bicyclic) bond motifs is 3. The van der Waals surface area contributed by atoms with E-state index in [0.29, 0.717) is 12.8 Å². The number of benzene rings is 2. The summed E-state index contributed by atoms with van der Waals surface area (Å²) in [5.74, 6) is -0.827. The Morgan fingerprint density at radius 2 is 1.50 bits per heavy atom. The smallest absolute Gasteiger partial charge is 0.407 e. The summed E-state index contributed by atoms with van der Waals surface area (Å²) >= 11 is 0. The number of alkyl carbamates (subject to hydrolysis) is 1. The van der Waals surface area contributed by atoms with Crippen LogP contribution in [0, 0.1) is 10.8 Å². The Hall–Kier alpha value is -2.82. The maximum Gasteiger partial charge on any atom is 0.407 e. The van der Waals surface area contributed by atoms with Crippen LogP contribution in [0.3, 0.4) is 0 Å². The fourth-order valence-electron chi connectivity index (χ4n) is 6.17. The van der Waals surface area contributed by atoms with E-state index in [9.17, 15) is 14.7 Å². The first-order valence-corrected chi connectivity index (χ1v) is 11.8. The van der Waals surface area contributed by atoms with Gasteiger partial charge >= 0.3 is 12.1 Å². The number of ether oxygens (including phenoxy) is 1. The number of carbonyl (C=O) groups excluding carboxylic acids is 1. The zero-order chi connectivity index (χ0) is 22.8. The van der Waals surface area contributed by atoms with Crippen molar-refractivity contribution >= 4 is 12.1 Å². The van der Waals surface area contributed by atoms with Crippen molar-refractivity contribution in [1.29, 1.82) is 0 Å². The van der Waals surface area contributed by atoms with Gasteiger partial charge in [-0.25, -0.2) is 4.79 Å². The molecule has 0 saturated heterocycles. The molecule has 0 unspecified atom stereocenters. The lowest BCUT2D eigenvalue weighted by Crippen LogP contribution is -2.56. The third kappa shape index (κ3) is 4.01. The summed E-state index contributed by atoms with van der Waals surface area (Å²) in [5.41, 5.74) is 3.90. The molecule has 0 heterocycles. The number of hydrogen-bond acceptors (Lipinski definition) is 3. The molecule has 5 nitrogen and oxygen atoms in total. The highest BCUT2D eigenvalue weighted by Crippen LogP contribution is 2.59. The normalized spacial score (nSPS) is 17.7. The molecule has 2 aliphatic rings. The third-order valence-corrected chi connectivity index (χ3v) is 7.36. The van der Waals surface area contributed by atoms with E-state index in [0.717, 1.165) is 36.8 Å². The number of hydrogen-bond donors (Lipinski definition) is 2. The molecule has 0 aromatic heterocycles. The van der Waals surface area contributed by atoms with Crippen LogP contribution in [0.4, 0.5) is 4.79 Å². The SMILES string of the molecule is CCCC1(CCC)CC(CNC(=O)OCC2c3ccccc3-c3ccccc32)(C(=O)O)C1. The van der Waals surface area contributed by atoms with Crippen molar-refractivity contribution in [1.82, 2.24) is 5.32 Å². The zero-order valence-corrected chi connectivity index (χ0v) is 19.0. The van der Waals surface area contributed by atoms with Crippen LogP contribution in [0.5, 0.6) is 0 Å². The van der Waals surface area contributed by atoms with Gasteiger partial charge in [-0.3, -0.25) is 4.79 Å². The Bertz CT molecular complexity index is 939. The lowest BCUT2D eigenvalue weighted by atomic mass is 9.50. The molecule has 1 saturated carbocycles. The van der Waals surface area contributed by atoms with E-state index < -0.39 is 17.5 Å². The summed E-state index contributed by atoms with van der Waals surface area (Å²) in [7, 11) is 0. The van der Waals surface area contributed by atoms with Crippen molar-refractivity contribution in [3.8, 4) is 11.1 Å². The van der Waals surface area contributed by atoms with Crippen LogP contribution in [-0.2, 0) is 9.53 Å². The molecule has 1 fully saturated rings. The molecule has 170 valence electrons. The van der Waals surface area contributed by atoms with Crippen LogP contribution in [0.15, 0.2) is 48.5 Å². The van der Waals surface area contributed by atoms with Gasteiger partial charge in [0.1, 0.15) is 6.61 Å². The van der Waals surface area contributed by atoms with Gasteiger partial charge in [0.15, 0.2) is 0 Å². The first-order chi connectivity index (χ1) is 15.4. The predicted octanol–water partition coefficient (Wildman–Crippen LogP) is 5.98. The Balaban J connectivity index is 1.37. The van der Waals surface area contributed by atoms with E-state index in [4.69, 9.17) is 4.74 Å². The number of carboxylic acid groups (broad SMARTS) is 1. The molecule has 0 spiro atoms. The van der Waals surface area contributed by atoms with Gasteiger partial charge in [0, 0.05) is 12.5 Å². The molecular formula is C27H33NO4. The molecule has 0 aliphatic heterocycles. The van der Waals surface area contributed by atoms with Crippen LogP contribution in [0.1, 0.15) is 69.4 Å². The first-order valence-electron chi connectivity index (χ1n) is 11.8. The summed E-state index contributed by atoms with van der Waals surface area (Å²) in [6, 6.07) is 16.4. The van der Waals surface area contributed by atoms with E-state index in [1.807, 2.05) is 24.3 Å². The van der Waals surface area contributed by atoms with Crippen molar-refractivity contribution in [2.45, 2.75) is 58.3 Å². The molecule has 5 heteroatoms. The Morgan fingerprint density at radius 1 is 0.969 bits per heavy atom. The fraction of sp³-hybridized carbons (Fsp3) is 0.481. The van der Waals surface area contributed by atoms with Crippen molar-refractivity contribution in [2.24, 2.45) is 10.8 Å². The number of amides is 1. The summed E-state index contributed by atoms with van der Waals surface area (Å²) < 4.78 is 5.59. The predicted molar refractivity (Wildman–Crippen MR) is 125 cm³/mol. The second-order valence-electron chi connectivity index (χ2n) is 9.62. The molecule has 4 rings (SSSR count). The van der Waals surface area contributed by atoms with Crippen LogP contribution in [0.25, 0.3) is 11.1 Å².